The average Bonchev–Trinajstić information content (AvgIpc) is 2.78. The summed E-state index contributed by atoms with van der Waals surface area (Å²) < 4.78 is 60.3. The van der Waals surface area contributed by atoms with E-state index in [0.717, 1.165) is 10.8 Å². The lowest BCUT2D eigenvalue weighted by molar-refractivity contribution is -2.00. The number of nitrogens with zero attached hydrogens (tertiary/aromatic N) is 1. The molecule has 0 unspecified atom stereocenters. The van der Waals surface area contributed by atoms with Crippen LogP contribution in [0.4, 0.5) is 0 Å². The fourth-order valence-corrected chi connectivity index (χ4v) is 4.61. The summed E-state index contributed by atoms with van der Waals surface area (Å²) in [6, 6.07) is 24.8. The van der Waals surface area contributed by atoms with Crippen molar-refractivity contribution in [2.75, 3.05) is 0 Å². The summed E-state index contributed by atoms with van der Waals surface area (Å²) in [5.74, 6) is 0. The van der Waals surface area contributed by atoms with Gasteiger partial charge in [0.15, 0.2) is 0 Å². The minimum atomic E-state index is -4.94. The lowest BCUT2D eigenvalue weighted by Gasteiger charge is -2.17. The molecule has 32 heavy (non-hydrogen) atoms. The molecule has 0 spiro atoms. The molecule has 10 heteroatoms. The van der Waals surface area contributed by atoms with Crippen LogP contribution in [0.25, 0.3) is 10.8 Å². The number of pyridine rings is 1. The third kappa shape index (κ3) is 5.54. The minimum absolute atomic E-state index is 0.170. The van der Waals surface area contributed by atoms with Crippen molar-refractivity contribution >= 4 is 26.3 Å². The Balaban J connectivity index is 0.000000523. The van der Waals surface area contributed by atoms with E-state index >= 15 is 0 Å². The van der Waals surface area contributed by atoms with Crippen molar-refractivity contribution < 1.29 is 42.7 Å². The zero-order valence-corrected chi connectivity index (χ0v) is 18.0. The molecule has 1 aromatic heterocycles. The van der Waals surface area contributed by atoms with E-state index in [4.69, 9.17) is 24.0 Å². The predicted octanol–water partition coefficient (Wildman–Crippen LogP) is -2.09. The molecule has 0 bridgehead atoms. The van der Waals surface area contributed by atoms with Gasteiger partial charge in [0, 0.05) is 11.6 Å². The van der Waals surface area contributed by atoms with Crippen LogP contribution in [-0.4, -0.2) is 19.1 Å². The molecule has 0 saturated heterocycles. The first-order valence-electron chi connectivity index (χ1n) is 9.07. The standard InChI is InChI=1S/C22H16N2O2S.ClHO4/c23-21(22-18-11-5-4-8-16(18)14-15-24-22)19-12-6-7-13-20(19)27(25,26)17-9-2-1-3-10-17;2-1(3,4)5/h1-15,23H;(H,2,3,4,5). The Morgan fingerprint density at radius 1 is 0.781 bits per heavy atom. The molecule has 4 rings (SSSR count). The largest absolute Gasteiger partial charge is 0.252 e. The highest BCUT2D eigenvalue weighted by atomic mass is 35.7. The van der Waals surface area contributed by atoms with Crippen LogP contribution in [-0.2, 0) is 9.84 Å². The van der Waals surface area contributed by atoms with E-state index in [2.05, 4.69) is 4.98 Å². The second-order valence-corrected chi connectivity index (χ2v) is 9.16. The Morgan fingerprint density at radius 3 is 2.03 bits per heavy atom. The molecule has 0 radical (unpaired) electrons. The first-order chi connectivity index (χ1) is 15.1. The summed E-state index contributed by atoms with van der Waals surface area (Å²) in [6.45, 7) is 0. The molecule has 0 atom stereocenters. The van der Waals surface area contributed by atoms with Gasteiger partial charge in [-0.25, -0.2) is 32.0 Å². The van der Waals surface area contributed by atoms with Gasteiger partial charge in [-0.15, -0.1) is 10.2 Å². The van der Waals surface area contributed by atoms with Crippen LogP contribution in [0, 0.1) is 10.2 Å². The summed E-state index contributed by atoms with van der Waals surface area (Å²) in [5.41, 5.74) is 1.36. The topological polar surface area (TPSA) is 165 Å². The van der Waals surface area contributed by atoms with Crippen molar-refractivity contribution in [3.8, 4) is 0 Å². The van der Waals surface area contributed by atoms with Crippen LogP contribution < -0.4 is 24.0 Å². The maximum Gasteiger partial charge on any atom is 0.231 e. The van der Waals surface area contributed by atoms with E-state index in [-0.39, 0.29) is 9.79 Å². The number of halogens is 1. The van der Waals surface area contributed by atoms with Gasteiger partial charge in [0.2, 0.25) is 15.5 Å². The van der Waals surface area contributed by atoms with Crippen molar-refractivity contribution in [3.63, 3.8) is 0 Å². The number of hydrogen-bond acceptors (Lipinski definition) is 7. The number of nitrogens with two attached hydrogens (primary N) is 1. The van der Waals surface area contributed by atoms with Crippen molar-refractivity contribution in [1.82, 2.24) is 4.98 Å². The Kier molecular flexibility index (Phi) is 6.99. The molecule has 3 aromatic carbocycles. The maximum absolute atomic E-state index is 13.2. The zero-order chi connectivity index (χ0) is 23.4. The van der Waals surface area contributed by atoms with Crippen molar-refractivity contribution in [1.29, 1.82) is 0 Å². The highest BCUT2D eigenvalue weighted by Crippen LogP contribution is 2.26. The number of fused-ring (bicyclic) bond motifs is 1. The quantitative estimate of drug-likeness (QED) is 0.332. The van der Waals surface area contributed by atoms with Gasteiger partial charge in [0.1, 0.15) is 5.69 Å². The second kappa shape index (κ2) is 9.53. The predicted molar refractivity (Wildman–Crippen MR) is 105 cm³/mol. The Hall–Kier alpha value is -3.18. The van der Waals surface area contributed by atoms with E-state index in [0.29, 0.717) is 17.0 Å². The zero-order valence-electron chi connectivity index (χ0n) is 16.4. The summed E-state index contributed by atoms with van der Waals surface area (Å²) in [5, 5.41) is 8.32. The third-order valence-electron chi connectivity index (χ3n) is 4.45. The van der Waals surface area contributed by atoms with Crippen molar-refractivity contribution in [3.05, 3.63) is 102 Å². The van der Waals surface area contributed by atoms with Gasteiger partial charge < -0.3 is 0 Å². The molecule has 4 aromatic rings. The average molecular weight is 473 g/mol. The molecule has 164 valence electrons. The van der Waals surface area contributed by atoms with Gasteiger partial charge >= 0.3 is 0 Å². The fourth-order valence-electron chi connectivity index (χ4n) is 3.11. The maximum atomic E-state index is 13.2. The van der Waals surface area contributed by atoms with Crippen LogP contribution in [0.1, 0.15) is 11.3 Å². The van der Waals surface area contributed by atoms with Crippen LogP contribution >= 0.6 is 0 Å². The van der Waals surface area contributed by atoms with Gasteiger partial charge in [-0.3, -0.25) is 5.41 Å². The first kappa shape index (κ1) is 23.5. The number of hydrogen-bond donors (Lipinski definition) is 1. The van der Waals surface area contributed by atoms with Crippen LogP contribution in [0.5, 0.6) is 0 Å². The summed E-state index contributed by atoms with van der Waals surface area (Å²) >= 11 is 0. The number of benzene rings is 3. The monoisotopic (exact) mass is 472 g/mol. The van der Waals surface area contributed by atoms with E-state index in [1.807, 2.05) is 30.3 Å². The van der Waals surface area contributed by atoms with E-state index in [1.54, 1.807) is 60.8 Å². The molecule has 1 heterocycles. The number of rotatable bonds is 4. The first-order valence-corrected chi connectivity index (χ1v) is 11.8. The normalized spacial score (nSPS) is 11.5. The molecule has 0 aliphatic rings. The number of aromatic nitrogens is 1. The molecule has 0 aliphatic heterocycles. The van der Waals surface area contributed by atoms with Crippen molar-refractivity contribution in [2.24, 2.45) is 0 Å². The smallest absolute Gasteiger partial charge is 0.231 e. The Morgan fingerprint density at radius 2 is 1.34 bits per heavy atom. The van der Waals surface area contributed by atoms with Gasteiger partial charge in [-0.05, 0) is 35.7 Å². The van der Waals surface area contributed by atoms with Gasteiger partial charge in [-0.2, -0.15) is 0 Å². The molecule has 0 fully saturated rings. The van der Waals surface area contributed by atoms with Crippen LogP contribution in [0.2, 0.25) is 0 Å². The van der Waals surface area contributed by atoms with Crippen LogP contribution in [0.3, 0.4) is 0 Å². The third-order valence-corrected chi connectivity index (χ3v) is 6.28. The van der Waals surface area contributed by atoms with Gasteiger partial charge in [0.05, 0.1) is 15.4 Å². The summed E-state index contributed by atoms with van der Waals surface area (Å²) in [4.78, 5) is 4.82. The SMILES string of the molecule is [NH2+]=C(c1ccccc1S(=O)(=O)c1ccccc1)c1nccc2ccccc12.[O-][Cl+3]([O-])([O-])[O-]. The summed E-state index contributed by atoms with van der Waals surface area (Å²) in [7, 11) is -8.65. The van der Waals surface area contributed by atoms with E-state index in [1.165, 1.54) is 0 Å². The molecule has 8 nitrogen and oxygen atoms in total. The fraction of sp³-hybridized carbons (Fsp3) is 0. The van der Waals surface area contributed by atoms with Crippen molar-refractivity contribution in [2.45, 2.75) is 9.79 Å². The minimum Gasteiger partial charge on any atom is -0.252 e. The van der Waals surface area contributed by atoms with Gasteiger partial charge in [0.25, 0.3) is 0 Å². The molecule has 2 N–H and O–H groups in total. The number of sulfone groups is 1. The van der Waals surface area contributed by atoms with E-state index in [9.17, 15) is 8.42 Å². The molecule has 0 saturated carbocycles. The second-order valence-electron chi connectivity index (χ2n) is 6.48. The summed E-state index contributed by atoms with van der Waals surface area (Å²) in [6.07, 6.45) is 1.68. The highest BCUT2D eigenvalue weighted by Gasteiger charge is 2.26. The lowest BCUT2D eigenvalue weighted by Crippen LogP contribution is -2.68. The molecular weight excluding hydrogens is 456 g/mol. The Labute approximate surface area is 186 Å². The Bertz CT molecular complexity index is 1340. The van der Waals surface area contributed by atoms with Crippen LogP contribution in [0.15, 0.2) is 101 Å². The molecule has 0 amide bonds. The molecule has 0 aliphatic carbocycles. The molecular formula is C22H17ClN2O6S. The highest BCUT2D eigenvalue weighted by molar-refractivity contribution is 7.91. The van der Waals surface area contributed by atoms with Gasteiger partial charge in [-0.1, -0.05) is 54.6 Å². The lowest BCUT2D eigenvalue weighted by atomic mass is 10.0. The van der Waals surface area contributed by atoms with E-state index < -0.39 is 20.1 Å².